The molecule has 3 nitrogen and oxygen atoms in total. The van der Waals surface area contributed by atoms with Crippen molar-refractivity contribution in [3.63, 3.8) is 0 Å². The van der Waals surface area contributed by atoms with Gasteiger partial charge in [-0.05, 0) is 72.5 Å². The third-order valence-electron chi connectivity index (χ3n) is 4.50. The van der Waals surface area contributed by atoms with E-state index in [2.05, 4.69) is 6.07 Å². The average molecular weight is 423 g/mol. The number of aliphatic imine (C=N–C) groups is 1. The lowest BCUT2D eigenvalue weighted by Gasteiger charge is -2.15. The Bertz CT molecular complexity index is 1120. The normalized spacial score (nSPS) is 16.9. The Morgan fingerprint density at radius 1 is 1.10 bits per heavy atom. The summed E-state index contributed by atoms with van der Waals surface area (Å²) in [6.07, 6.45) is 1.72. The number of thiophene rings is 1. The predicted molar refractivity (Wildman–Crippen MR) is 120 cm³/mol. The van der Waals surface area contributed by atoms with Crippen molar-refractivity contribution < 1.29 is 9.18 Å². The Balaban J connectivity index is 1.72. The summed E-state index contributed by atoms with van der Waals surface area (Å²) in [7, 11) is 0. The molecule has 1 amide bonds. The van der Waals surface area contributed by atoms with Crippen molar-refractivity contribution in [1.82, 2.24) is 4.90 Å². The van der Waals surface area contributed by atoms with Crippen LogP contribution < -0.4 is 0 Å². The molecule has 4 rings (SSSR count). The highest BCUT2D eigenvalue weighted by molar-refractivity contribution is 8.18. The van der Waals surface area contributed by atoms with Crippen molar-refractivity contribution in [3.05, 3.63) is 92.3 Å². The number of amides is 1. The van der Waals surface area contributed by atoms with E-state index in [0.717, 1.165) is 16.1 Å². The van der Waals surface area contributed by atoms with Gasteiger partial charge in [0.25, 0.3) is 5.91 Å². The molecule has 0 aliphatic carbocycles. The van der Waals surface area contributed by atoms with Crippen LogP contribution in [0, 0.1) is 19.7 Å². The molecular formula is C23H19FN2OS2. The first-order chi connectivity index (χ1) is 14.0. The van der Waals surface area contributed by atoms with Crippen molar-refractivity contribution in [2.75, 3.05) is 0 Å². The van der Waals surface area contributed by atoms with Crippen LogP contribution in [-0.4, -0.2) is 16.0 Å². The van der Waals surface area contributed by atoms with Gasteiger partial charge in [0.15, 0.2) is 5.17 Å². The standard InChI is InChI=1S/C23H19FN2OS2/c1-15-8-9-20(16(2)11-15)25-23-26(14-19-7-4-10-28-19)22(27)21(29-23)13-17-5-3-6-18(24)12-17/h3-13H,14H2,1-2H3/b21-13+,25-23?. The molecule has 0 N–H and O–H groups in total. The van der Waals surface area contributed by atoms with Gasteiger partial charge in [-0.15, -0.1) is 11.3 Å². The fourth-order valence-corrected chi connectivity index (χ4v) is 4.75. The Kier molecular flexibility index (Phi) is 5.65. The lowest BCUT2D eigenvalue weighted by molar-refractivity contribution is -0.122. The number of halogens is 1. The van der Waals surface area contributed by atoms with Crippen LogP contribution in [0.4, 0.5) is 10.1 Å². The van der Waals surface area contributed by atoms with Crippen LogP contribution in [0.15, 0.2) is 69.9 Å². The van der Waals surface area contributed by atoms with Crippen LogP contribution in [0.5, 0.6) is 0 Å². The van der Waals surface area contributed by atoms with Gasteiger partial charge in [-0.25, -0.2) is 9.38 Å². The van der Waals surface area contributed by atoms with E-state index in [1.165, 1.54) is 29.5 Å². The first-order valence-electron chi connectivity index (χ1n) is 9.15. The van der Waals surface area contributed by atoms with E-state index in [4.69, 9.17) is 4.99 Å². The maximum absolute atomic E-state index is 13.6. The van der Waals surface area contributed by atoms with Gasteiger partial charge in [0.1, 0.15) is 5.82 Å². The predicted octanol–water partition coefficient (Wildman–Crippen LogP) is 6.31. The Labute approximate surface area is 177 Å². The molecule has 146 valence electrons. The van der Waals surface area contributed by atoms with E-state index in [1.807, 2.05) is 43.5 Å². The lowest BCUT2D eigenvalue weighted by Crippen LogP contribution is -2.28. The molecule has 1 fully saturated rings. The summed E-state index contributed by atoms with van der Waals surface area (Å²) in [6, 6.07) is 16.3. The number of nitrogens with zero attached hydrogens (tertiary/aromatic N) is 2. The highest BCUT2D eigenvalue weighted by atomic mass is 32.2. The first kappa shape index (κ1) is 19.6. The maximum atomic E-state index is 13.6. The summed E-state index contributed by atoms with van der Waals surface area (Å²) in [6.45, 7) is 4.52. The second kappa shape index (κ2) is 8.35. The lowest BCUT2D eigenvalue weighted by atomic mass is 10.1. The van der Waals surface area contributed by atoms with Crippen LogP contribution in [0.25, 0.3) is 6.08 Å². The highest BCUT2D eigenvalue weighted by Gasteiger charge is 2.33. The zero-order valence-corrected chi connectivity index (χ0v) is 17.7. The topological polar surface area (TPSA) is 32.7 Å². The molecule has 6 heteroatoms. The van der Waals surface area contributed by atoms with Gasteiger partial charge < -0.3 is 0 Å². The van der Waals surface area contributed by atoms with Crippen LogP contribution >= 0.6 is 23.1 Å². The molecule has 3 aromatic rings. The second-order valence-corrected chi connectivity index (χ2v) is 8.86. The van der Waals surface area contributed by atoms with Gasteiger partial charge in [-0.1, -0.05) is 35.9 Å². The Hall–Kier alpha value is -2.70. The molecular weight excluding hydrogens is 403 g/mol. The van der Waals surface area contributed by atoms with Gasteiger partial charge in [0.05, 0.1) is 17.1 Å². The smallest absolute Gasteiger partial charge is 0.267 e. The number of aryl methyl sites for hydroxylation is 2. The molecule has 0 unspecified atom stereocenters. The molecule has 1 aromatic heterocycles. The zero-order valence-electron chi connectivity index (χ0n) is 16.1. The third kappa shape index (κ3) is 4.49. The van der Waals surface area contributed by atoms with E-state index in [0.29, 0.717) is 22.2 Å². The average Bonchev–Trinajstić information content (AvgIpc) is 3.28. The number of hydrogen-bond donors (Lipinski definition) is 0. The molecule has 0 saturated carbocycles. The maximum Gasteiger partial charge on any atom is 0.267 e. The fraction of sp³-hybridized carbons (Fsp3) is 0.130. The molecule has 1 saturated heterocycles. The number of benzene rings is 2. The van der Waals surface area contributed by atoms with Crippen molar-refractivity contribution in [2.45, 2.75) is 20.4 Å². The molecule has 0 atom stereocenters. The van der Waals surface area contributed by atoms with Crippen molar-refractivity contribution in [3.8, 4) is 0 Å². The van der Waals surface area contributed by atoms with Crippen molar-refractivity contribution in [1.29, 1.82) is 0 Å². The van der Waals surface area contributed by atoms with E-state index < -0.39 is 0 Å². The molecule has 0 bridgehead atoms. The molecule has 0 spiro atoms. The highest BCUT2D eigenvalue weighted by Crippen LogP contribution is 2.36. The number of amidine groups is 1. The minimum absolute atomic E-state index is 0.115. The summed E-state index contributed by atoms with van der Waals surface area (Å²) in [4.78, 5) is 21.2. The molecule has 1 aliphatic heterocycles. The van der Waals surface area contributed by atoms with E-state index in [-0.39, 0.29) is 11.7 Å². The molecule has 29 heavy (non-hydrogen) atoms. The van der Waals surface area contributed by atoms with E-state index in [9.17, 15) is 9.18 Å². The minimum Gasteiger partial charge on any atom is -0.281 e. The van der Waals surface area contributed by atoms with E-state index >= 15 is 0 Å². The first-order valence-corrected chi connectivity index (χ1v) is 10.8. The fourth-order valence-electron chi connectivity index (χ4n) is 3.07. The SMILES string of the molecule is Cc1ccc(N=C2S/C(=C/c3cccc(F)c3)C(=O)N2Cc2cccs2)c(C)c1. The van der Waals surface area contributed by atoms with Gasteiger partial charge in [-0.2, -0.15) is 0 Å². The molecule has 1 aliphatic rings. The molecule has 0 radical (unpaired) electrons. The van der Waals surface area contributed by atoms with Crippen molar-refractivity contribution >= 4 is 45.9 Å². The second-order valence-electron chi connectivity index (χ2n) is 6.82. The largest absolute Gasteiger partial charge is 0.281 e. The van der Waals surface area contributed by atoms with Crippen LogP contribution in [-0.2, 0) is 11.3 Å². The number of rotatable bonds is 4. The minimum atomic E-state index is -0.325. The number of carbonyl (C=O) groups excluding carboxylic acids is 1. The van der Waals surface area contributed by atoms with Crippen LogP contribution in [0.3, 0.4) is 0 Å². The summed E-state index contributed by atoms with van der Waals surface area (Å²) in [5, 5.41) is 2.63. The zero-order chi connectivity index (χ0) is 20.4. The summed E-state index contributed by atoms with van der Waals surface area (Å²) in [5.74, 6) is -0.439. The third-order valence-corrected chi connectivity index (χ3v) is 6.36. The molecule has 2 heterocycles. The van der Waals surface area contributed by atoms with Gasteiger partial charge in [0, 0.05) is 4.88 Å². The Morgan fingerprint density at radius 3 is 2.69 bits per heavy atom. The summed E-state index contributed by atoms with van der Waals surface area (Å²) >= 11 is 2.93. The van der Waals surface area contributed by atoms with Crippen LogP contribution in [0.2, 0.25) is 0 Å². The van der Waals surface area contributed by atoms with Gasteiger partial charge in [-0.3, -0.25) is 9.69 Å². The monoisotopic (exact) mass is 422 g/mol. The summed E-state index contributed by atoms with van der Waals surface area (Å²) in [5.41, 5.74) is 3.73. The van der Waals surface area contributed by atoms with Crippen LogP contribution in [0.1, 0.15) is 21.6 Å². The number of carbonyl (C=O) groups is 1. The summed E-state index contributed by atoms with van der Waals surface area (Å²) < 4.78 is 13.6. The van der Waals surface area contributed by atoms with E-state index in [1.54, 1.807) is 34.4 Å². The van der Waals surface area contributed by atoms with Gasteiger partial charge in [0.2, 0.25) is 0 Å². The number of hydrogen-bond acceptors (Lipinski definition) is 4. The number of thioether (sulfide) groups is 1. The molecule has 2 aromatic carbocycles. The quantitative estimate of drug-likeness (QED) is 0.462. The van der Waals surface area contributed by atoms with Gasteiger partial charge >= 0.3 is 0 Å². The van der Waals surface area contributed by atoms with Crippen molar-refractivity contribution in [2.24, 2.45) is 4.99 Å². The Morgan fingerprint density at radius 2 is 1.97 bits per heavy atom.